The van der Waals surface area contributed by atoms with Gasteiger partial charge in [0.2, 0.25) is 0 Å². The van der Waals surface area contributed by atoms with E-state index in [-0.39, 0.29) is 24.4 Å². The van der Waals surface area contributed by atoms with E-state index in [1.165, 1.54) is 0 Å². The number of carbonyl (C=O) groups is 2. The highest BCUT2D eigenvalue weighted by Gasteiger charge is 2.24. The number of amides is 1. The fourth-order valence-corrected chi connectivity index (χ4v) is 2.73. The normalized spacial score (nSPS) is 17.1. The molecule has 0 aromatic heterocycles. The van der Waals surface area contributed by atoms with E-state index in [9.17, 15) is 9.59 Å². The van der Waals surface area contributed by atoms with Crippen molar-refractivity contribution < 1.29 is 23.8 Å². The van der Waals surface area contributed by atoms with Crippen molar-refractivity contribution in [3.63, 3.8) is 0 Å². The summed E-state index contributed by atoms with van der Waals surface area (Å²) in [4.78, 5) is 23.6. The van der Waals surface area contributed by atoms with Crippen LogP contribution in [0, 0.1) is 5.92 Å². The van der Waals surface area contributed by atoms with E-state index in [2.05, 4.69) is 5.32 Å². The lowest BCUT2D eigenvalue weighted by molar-refractivity contribution is -0.151. The summed E-state index contributed by atoms with van der Waals surface area (Å²) in [6, 6.07) is 5.17. The van der Waals surface area contributed by atoms with Gasteiger partial charge in [0, 0.05) is 11.8 Å². The first-order valence-corrected chi connectivity index (χ1v) is 7.58. The molecule has 1 heterocycles. The Morgan fingerprint density at radius 3 is 2.64 bits per heavy atom. The number of hydrogen-bond donors (Lipinski definition) is 1. The molecule has 1 amide bonds. The summed E-state index contributed by atoms with van der Waals surface area (Å²) in [6.07, 6.45) is 3.84. The predicted octanol–water partition coefficient (Wildman–Crippen LogP) is 2.13. The second-order valence-electron chi connectivity index (χ2n) is 5.50. The van der Waals surface area contributed by atoms with Gasteiger partial charge < -0.3 is 19.5 Å². The monoisotopic (exact) mass is 305 g/mol. The highest BCUT2D eigenvalue weighted by Crippen LogP contribution is 2.32. The number of hydrogen-bond acceptors (Lipinski definition) is 5. The van der Waals surface area contributed by atoms with Gasteiger partial charge in [-0.25, -0.2) is 0 Å². The molecular formula is C16H19NO5. The minimum absolute atomic E-state index is 0.0397. The number of fused-ring (bicyclic) bond motifs is 1. The lowest BCUT2D eigenvalue weighted by atomic mass is 10.1. The van der Waals surface area contributed by atoms with Gasteiger partial charge in [-0.2, -0.15) is 0 Å². The Labute approximate surface area is 128 Å². The Hall–Kier alpha value is -2.24. The minimum atomic E-state index is -0.358. The molecule has 22 heavy (non-hydrogen) atoms. The molecule has 1 fully saturated rings. The smallest absolute Gasteiger partial charge is 0.309 e. The van der Waals surface area contributed by atoms with Crippen molar-refractivity contribution >= 4 is 17.6 Å². The van der Waals surface area contributed by atoms with Crippen LogP contribution in [0.3, 0.4) is 0 Å². The molecule has 1 N–H and O–H groups in total. The van der Waals surface area contributed by atoms with Crippen LogP contribution in [0.25, 0.3) is 0 Å². The molecule has 0 saturated heterocycles. The summed E-state index contributed by atoms with van der Waals surface area (Å²) >= 11 is 0. The Kier molecular flexibility index (Phi) is 4.46. The summed E-state index contributed by atoms with van der Waals surface area (Å²) in [5.74, 6) is 0.601. The van der Waals surface area contributed by atoms with E-state index in [0.29, 0.717) is 30.4 Å². The standard InChI is InChI=1S/C16H19NO5/c18-15(10-22-16(19)11-3-1-2-4-11)17-12-5-6-13-14(9-12)21-8-7-20-13/h5-6,9,11H,1-4,7-8,10H2,(H,17,18). The first-order valence-electron chi connectivity index (χ1n) is 7.58. The van der Waals surface area contributed by atoms with Crippen molar-refractivity contribution in [3.05, 3.63) is 18.2 Å². The number of anilines is 1. The van der Waals surface area contributed by atoms with Crippen molar-refractivity contribution in [1.82, 2.24) is 0 Å². The highest BCUT2D eigenvalue weighted by molar-refractivity contribution is 5.93. The van der Waals surface area contributed by atoms with Crippen LogP contribution < -0.4 is 14.8 Å². The summed E-state index contributed by atoms with van der Waals surface area (Å²) in [6.45, 7) is 0.753. The maximum atomic E-state index is 11.8. The summed E-state index contributed by atoms with van der Waals surface area (Å²) in [5.41, 5.74) is 0.589. The third-order valence-electron chi connectivity index (χ3n) is 3.86. The van der Waals surface area contributed by atoms with Crippen molar-refractivity contribution in [2.45, 2.75) is 25.7 Å². The number of ether oxygens (including phenoxy) is 3. The van der Waals surface area contributed by atoms with E-state index in [0.717, 1.165) is 25.7 Å². The Morgan fingerprint density at radius 2 is 1.86 bits per heavy atom. The quantitative estimate of drug-likeness (QED) is 0.863. The number of rotatable bonds is 4. The molecule has 0 atom stereocenters. The van der Waals surface area contributed by atoms with E-state index in [4.69, 9.17) is 14.2 Å². The molecule has 6 nitrogen and oxygen atoms in total. The second kappa shape index (κ2) is 6.68. The first-order chi connectivity index (χ1) is 10.7. The molecule has 0 radical (unpaired) electrons. The Balaban J connectivity index is 1.50. The molecular weight excluding hydrogens is 286 g/mol. The Morgan fingerprint density at radius 1 is 1.14 bits per heavy atom. The van der Waals surface area contributed by atoms with Crippen LogP contribution >= 0.6 is 0 Å². The molecule has 0 spiro atoms. The summed E-state index contributed by atoms with van der Waals surface area (Å²) in [7, 11) is 0. The highest BCUT2D eigenvalue weighted by atomic mass is 16.6. The van der Waals surface area contributed by atoms with Gasteiger partial charge in [-0.1, -0.05) is 12.8 Å². The van der Waals surface area contributed by atoms with E-state index in [1.54, 1.807) is 18.2 Å². The lowest BCUT2D eigenvalue weighted by Gasteiger charge is -2.19. The molecule has 6 heteroatoms. The molecule has 1 aromatic carbocycles. The van der Waals surface area contributed by atoms with Gasteiger partial charge in [0.05, 0.1) is 5.92 Å². The third-order valence-corrected chi connectivity index (χ3v) is 3.86. The van der Waals surface area contributed by atoms with Crippen molar-refractivity contribution in [2.75, 3.05) is 25.1 Å². The van der Waals surface area contributed by atoms with Gasteiger partial charge in [-0.05, 0) is 25.0 Å². The second-order valence-corrected chi connectivity index (χ2v) is 5.50. The molecule has 118 valence electrons. The van der Waals surface area contributed by atoms with Crippen LogP contribution in [0.2, 0.25) is 0 Å². The molecule has 1 aromatic rings. The van der Waals surface area contributed by atoms with Crippen molar-refractivity contribution in [3.8, 4) is 11.5 Å². The predicted molar refractivity (Wildman–Crippen MR) is 79.0 cm³/mol. The SMILES string of the molecule is O=C(COC(=O)C1CCCC1)Nc1ccc2c(c1)OCCO2. The lowest BCUT2D eigenvalue weighted by Crippen LogP contribution is -2.24. The molecule has 0 unspecified atom stereocenters. The Bertz CT molecular complexity index is 566. The van der Waals surface area contributed by atoms with Crippen LogP contribution in [0.15, 0.2) is 18.2 Å². The van der Waals surface area contributed by atoms with Crippen molar-refractivity contribution in [2.24, 2.45) is 5.92 Å². The van der Waals surface area contributed by atoms with Crippen LogP contribution in [-0.2, 0) is 14.3 Å². The molecule has 3 rings (SSSR count). The van der Waals surface area contributed by atoms with E-state index >= 15 is 0 Å². The number of carbonyl (C=O) groups excluding carboxylic acids is 2. The topological polar surface area (TPSA) is 73.9 Å². The maximum absolute atomic E-state index is 11.8. The zero-order chi connectivity index (χ0) is 15.4. The average Bonchev–Trinajstić information content (AvgIpc) is 3.07. The molecule has 1 aliphatic heterocycles. The minimum Gasteiger partial charge on any atom is -0.486 e. The summed E-state index contributed by atoms with van der Waals surface area (Å²) in [5, 5.41) is 2.69. The first kappa shape index (κ1) is 14.7. The summed E-state index contributed by atoms with van der Waals surface area (Å²) < 4.78 is 15.9. The molecule has 1 aliphatic carbocycles. The number of esters is 1. The van der Waals surface area contributed by atoms with Gasteiger partial charge in [-0.15, -0.1) is 0 Å². The molecule has 2 aliphatic rings. The molecule has 0 bridgehead atoms. The van der Waals surface area contributed by atoms with Crippen LogP contribution in [0.4, 0.5) is 5.69 Å². The van der Waals surface area contributed by atoms with Gasteiger partial charge >= 0.3 is 5.97 Å². The number of nitrogens with one attached hydrogen (secondary N) is 1. The van der Waals surface area contributed by atoms with Crippen LogP contribution in [-0.4, -0.2) is 31.7 Å². The molecule has 1 saturated carbocycles. The third kappa shape index (κ3) is 3.50. The van der Waals surface area contributed by atoms with Gasteiger partial charge in [0.25, 0.3) is 5.91 Å². The van der Waals surface area contributed by atoms with Crippen molar-refractivity contribution in [1.29, 1.82) is 0 Å². The van der Waals surface area contributed by atoms with Crippen LogP contribution in [0.1, 0.15) is 25.7 Å². The maximum Gasteiger partial charge on any atom is 0.309 e. The van der Waals surface area contributed by atoms with Gasteiger partial charge in [0.15, 0.2) is 18.1 Å². The van der Waals surface area contributed by atoms with E-state index in [1.807, 2.05) is 0 Å². The largest absolute Gasteiger partial charge is 0.486 e. The fourth-order valence-electron chi connectivity index (χ4n) is 2.73. The average molecular weight is 305 g/mol. The van der Waals surface area contributed by atoms with E-state index < -0.39 is 0 Å². The zero-order valence-corrected chi connectivity index (χ0v) is 12.3. The zero-order valence-electron chi connectivity index (χ0n) is 12.3. The van der Waals surface area contributed by atoms with Gasteiger partial charge in [-0.3, -0.25) is 9.59 Å². The number of benzene rings is 1. The van der Waals surface area contributed by atoms with Crippen LogP contribution in [0.5, 0.6) is 11.5 Å². The fraction of sp³-hybridized carbons (Fsp3) is 0.500. The van der Waals surface area contributed by atoms with Gasteiger partial charge in [0.1, 0.15) is 13.2 Å².